The second kappa shape index (κ2) is 3.53. The molecule has 14 heavy (non-hydrogen) atoms. The van der Waals surface area contributed by atoms with Gasteiger partial charge in [-0.05, 0) is 0 Å². The quantitative estimate of drug-likeness (QED) is 0.800. The van der Waals surface area contributed by atoms with Crippen molar-refractivity contribution in [3.05, 3.63) is 16.8 Å². The number of anilines is 1. The first kappa shape index (κ1) is 10.9. The number of alkyl halides is 3. The molecule has 0 amide bonds. The standard InChI is InChI=1S/C7H6ClF3N2O/c1-14-6-5(12)4(8)3(2-13-6)7(9,10)11/h2H,12H2,1H3. The molecule has 0 saturated heterocycles. The number of hydrogen-bond acceptors (Lipinski definition) is 3. The van der Waals surface area contributed by atoms with E-state index in [9.17, 15) is 13.2 Å². The molecule has 1 aromatic heterocycles. The molecule has 0 aliphatic carbocycles. The maximum atomic E-state index is 12.2. The van der Waals surface area contributed by atoms with Gasteiger partial charge in [-0.2, -0.15) is 13.2 Å². The van der Waals surface area contributed by atoms with Gasteiger partial charge in [0.15, 0.2) is 0 Å². The maximum Gasteiger partial charge on any atom is 0.419 e. The van der Waals surface area contributed by atoms with Crippen molar-refractivity contribution in [2.45, 2.75) is 6.18 Å². The van der Waals surface area contributed by atoms with Gasteiger partial charge in [-0.25, -0.2) is 4.98 Å². The molecule has 0 aliphatic heterocycles. The number of ether oxygens (including phenoxy) is 1. The van der Waals surface area contributed by atoms with Gasteiger partial charge in [0.25, 0.3) is 0 Å². The molecule has 0 spiro atoms. The monoisotopic (exact) mass is 226 g/mol. The van der Waals surface area contributed by atoms with Crippen LogP contribution in [-0.2, 0) is 6.18 Å². The SMILES string of the molecule is COc1ncc(C(F)(F)F)c(Cl)c1N. The van der Waals surface area contributed by atoms with Gasteiger partial charge in [0.1, 0.15) is 5.69 Å². The summed E-state index contributed by atoms with van der Waals surface area (Å²) in [5.41, 5.74) is 3.88. The Labute approximate surface area is 82.6 Å². The third-order valence-electron chi connectivity index (χ3n) is 1.51. The topological polar surface area (TPSA) is 48.1 Å². The molecule has 0 bridgehead atoms. The lowest BCUT2D eigenvalue weighted by atomic mass is 10.2. The first-order valence-electron chi connectivity index (χ1n) is 3.43. The summed E-state index contributed by atoms with van der Waals surface area (Å²) in [6.45, 7) is 0. The van der Waals surface area contributed by atoms with Gasteiger partial charge in [-0.1, -0.05) is 11.6 Å². The van der Waals surface area contributed by atoms with Crippen molar-refractivity contribution in [3.63, 3.8) is 0 Å². The summed E-state index contributed by atoms with van der Waals surface area (Å²) in [7, 11) is 1.24. The van der Waals surface area contributed by atoms with Crippen LogP contribution < -0.4 is 10.5 Å². The van der Waals surface area contributed by atoms with E-state index in [4.69, 9.17) is 17.3 Å². The average Bonchev–Trinajstić information content (AvgIpc) is 2.07. The number of nitrogens with two attached hydrogens (primary N) is 1. The molecule has 1 heterocycles. The number of halogens is 4. The number of hydrogen-bond donors (Lipinski definition) is 1. The summed E-state index contributed by atoms with van der Waals surface area (Å²) in [6.07, 6.45) is -3.98. The van der Waals surface area contributed by atoms with E-state index in [0.29, 0.717) is 6.20 Å². The Bertz CT molecular complexity index is 354. The molecule has 0 radical (unpaired) electrons. The van der Waals surface area contributed by atoms with Crippen LogP contribution in [0, 0.1) is 0 Å². The number of pyridine rings is 1. The van der Waals surface area contributed by atoms with Crippen molar-refractivity contribution in [2.75, 3.05) is 12.8 Å². The summed E-state index contributed by atoms with van der Waals surface area (Å²) in [5, 5.41) is -0.593. The van der Waals surface area contributed by atoms with Crippen LogP contribution in [-0.4, -0.2) is 12.1 Å². The number of rotatable bonds is 1. The highest BCUT2D eigenvalue weighted by Crippen LogP contribution is 2.39. The van der Waals surface area contributed by atoms with Crippen LogP contribution in [0.1, 0.15) is 5.56 Å². The minimum absolute atomic E-state index is 0.122. The van der Waals surface area contributed by atoms with E-state index in [-0.39, 0.29) is 11.6 Å². The predicted octanol–water partition coefficient (Wildman–Crippen LogP) is 2.34. The fourth-order valence-electron chi connectivity index (χ4n) is 0.849. The Morgan fingerprint density at radius 3 is 2.50 bits per heavy atom. The van der Waals surface area contributed by atoms with Gasteiger partial charge in [0.2, 0.25) is 5.88 Å². The van der Waals surface area contributed by atoms with E-state index in [1.54, 1.807) is 0 Å². The average molecular weight is 227 g/mol. The minimum Gasteiger partial charge on any atom is -0.479 e. The Morgan fingerprint density at radius 1 is 1.50 bits per heavy atom. The highest BCUT2D eigenvalue weighted by molar-refractivity contribution is 6.34. The highest BCUT2D eigenvalue weighted by atomic mass is 35.5. The summed E-state index contributed by atoms with van der Waals surface area (Å²) < 4.78 is 41.3. The molecule has 0 aromatic carbocycles. The van der Waals surface area contributed by atoms with Crippen LogP contribution in [0.2, 0.25) is 5.02 Å². The summed E-state index contributed by atoms with van der Waals surface area (Å²) in [4.78, 5) is 3.37. The second-order valence-electron chi connectivity index (χ2n) is 2.41. The van der Waals surface area contributed by atoms with Gasteiger partial charge in [-0.3, -0.25) is 0 Å². The molecular formula is C7H6ClF3N2O. The van der Waals surface area contributed by atoms with Crippen LogP contribution in [0.3, 0.4) is 0 Å². The van der Waals surface area contributed by atoms with Crippen LogP contribution in [0.5, 0.6) is 5.88 Å². The molecule has 0 saturated carbocycles. The van der Waals surface area contributed by atoms with Crippen LogP contribution in [0.15, 0.2) is 6.20 Å². The first-order chi connectivity index (χ1) is 6.38. The molecule has 0 unspecified atom stereocenters. The summed E-state index contributed by atoms with van der Waals surface area (Å²) >= 11 is 5.40. The van der Waals surface area contributed by atoms with Gasteiger partial charge >= 0.3 is 6.18 Å². The summed E-state index contributed by atoms with van der Waals surface area (Å²) in [5.74, 6) is -0.122. The number of nitrogens with zero attached hydrogens (tertiary/aromatic N) is 1. The van der Waals surface area contributed by atoms with Gasteiger partial charge < -0.3 is 10.5 Å². The second-order valence-corrected chi connectivity index (χ2v) is 2.78. The van der Waals surface area contributed by atoms with Gasteiger partial charge in [-0.15, -0.1) is 0 Å². The fraction of sp³-hybridized carbons (Fsp3) is 0.286. The third-order valence-corrected chi connectivity index (χ3v) is 1.92. The normalized spacial score (nSPS) is 11.5. The van der Waals surface area contributed by atoms with E-state index in [2.05, 4.69) is 9.72 Å². The molecule has 0 aliphatic rings. The Kier molecular flexibility index (Phi) is 2.75. The fourth-order valence-corrected chi connectivity index (χ4v) is 1.09. The Balaban J connectivity index is 3.31. The smallest absolute Gasteiger partial charge is 0.419 e. The lowest BCUT2D eigenvalue weighted by Crippen LogP contribution is -2.09. The van der Waals surface area contributed by atoms with E-state index in [1.807, 2.05) is 0 Å². The van der Waals surface area contributed by atoms with Crippen LogP contribution in [0.4, 0.5) is 18.9 Å². The molecule has 1 rings (SSSR count). The van der Waals surface area contributed by atoms with Crippen molar-refractivity contribution < 1.29 is 17.9 Å². The molecule has 2 N–H and O–H groups in total. The number of nitrogen functional groups attached to an aromatic ring is 1. The molecule has 0 atom stereocenters. The molecule has 7 heteroatoms. The minimum atomic E-state index is -4.57. The van der Waals surface area contributed by atoms with Crippen molar-refractivity contribution in [3.8, 4) is 5.88 Å². The molecular weight excluding hydrogens is 221 g/mol. The van der Waals surface area contributed by atoms with E-state index >= 15 is 0 Å². The zero-order valence-electron chi connectivity index (χ0n) is 7.02. The van der Waals surface area contributed by atoms with Crippen molar-refractivity contribution >= 4 is 17.3 Å². The van der Waals surface area contributed by atoms with Crippen molar-refractivity contribution in [1.82, 2.24) is 4.98 Å². The van der Waals surface area contributed by atoms with Gasteiger partial charge in [0.05, 0.1) is 17.7 Å². The zero-order chi connectivity index (χ0) is 10.9. The lowest BCUT2D eigenvalue weighted by Gasteiger charge is -2.11. The van der Waals surface area contributed by atoms with Crippen LogP contribution >= 0.6 is 11.6 Å². The van der Waals surface area contributed by atoms with E-state index in [0.717, 1.165) is 0 Å². The Hall–Kier alpha value is -1.17. The Morgan fingerprint density at radius 2 is 2.07 bits per heavy atom. The zero-order valence-corrected chi connectivity index (χ0v) is 7.78. The highest BCUT2D eigenvalue weighted by Gasteiger charge is 2.35. The predicted molar refractivity (Wildman–Crippen MR) is 45.2 cm³/mol. The molecule has 0 fully saturated rings. The van der Waals surface area contributed by atoms with Crippen LogP contribution in [0.25, 0.3) is 0 Å². The molecule has 3 nitrogen and oxygen atoms in total. The largest absolute Gasteiger partial charge is 0.479 e. The van der Waals surface area contributed by atoms with E-state index in [1.165, 1.54) is 7.11 Å². The third kappa shape index (κ3) is 1.84. The van der Waals surface area contributed by atoms with Crippen molar-refractivity contribution in [2.24, 2.45) is 0 Å². The number of aromatic nitrogens is 1. The van der Waals surface area contributed by atoms with Gasteiger partial charge in [0, 0.05) is 6.20 Å². The lowest BCUT2D eigenvalue weighted by molar-refractivity contribution is -0.137. The molecule has 1 aromatic rings. The first-order valence-corrected chi connectivity index (χ1v) is 3.81. The number of methoxy groups -OCH3 is 1. The summed E-state index contributed by atoms with van der Waals surface area (Å²) in [6, 6.07) is 0. The maximum absolute atomic E-state index is 12.2. The molecule has 78 valence electrons. The van der Waals surface area contributed by atoms with E-state index < -0.39 is 16.8 Å². The van der Waals surface area contributed by atoms with Crippen molar-refractivity contribution in [1.29, 1.82) is 0 Å².